The zero-order valence-corrected chi connectivity index (χ0v) is 12.2. The normalized spacial score (nSPS) is 15.4. The monoisotopic (exact) mass is 304 g/mol. The van der Waals surface area contributed by atoms with Gasteiger partial charge in [0.2, 0.25) is 5.16 Å². The zero-order chi connectivity index (χ0) is 14.8. The van der Waals surface area contributed by atoms with E-state index in [1.165, 1.54) is 24.6 Å². The Morgan fingerprint density at radius 2 is 2.10 bits per heavy atom. The van der Waals surface area contributed by atoms with Gasteiger partial charge in [0.1, 0.15) is 0 Å². The molecular formula is C13H16N6OS. The van der Waals surface area contributed by atoms with E-state index < -0.39 is 5.91 Å². The number of nitrogens with two attached hydrogens (primary N) is 2. The summed E-state index contributed by atoms with van der Waals surface area (Å²) in [5.41, 5.74) is 12.0. The Morgan fingerprint density at radius 1 is 1.33 bits per heavy atom. The van der Waals surface area contributed by atoms with Crippen molar-refractivity contribution in [2.45, 2.75) is 41.8 Å². The van der Waals surface area contributed by atoms with Gasteiger partial charge in [0.25, 0.3) is 5.91 Å². The van der Waals surface area contributed by atoms with Crippen LogP contribution in [0.4, 0.5) is 5.69 Å². The highest BCUT2D eigenvalue weighted by Crippen LogP contribution is 2.36. The molecule has 1 heterocycles. The molecule has 0 aliphatic heterocycles. The minimum absolute atomic E-state index is 0.319. The lowest BCUT2D eigenvalue weighted by atomic mass is 10.2. The number of para-hydroxylation sites is 1. The van der Waals surface area contributed by atoms with E-state index in [2.05, 4.69) is 15.5 Å². The molecule has 1 aromatic carbocycles. The van der Waals surface area contributed by atoms with Gasteiger partial charge in [-0.15, -0.1) is 5.10 Å². The van der Waals surface area contributed by atoms with E-state index >= 15 is 0 Å². The fourth-order valence-electron chi connectivity index (χ4n) is 2.58. The van der Waals surface area contributed by atoms with Crippen molar-refractivity contribution in [1.82, 2.24) is 20.2 Å². The van der Waals surface area contributed by atoms with Crippen LogP contribution in [-0.4, -0.2) is 26.1 Å². The fourth-order valence-corrected chi connectivity index (χ4v) is 3.50. The summed E-state index contributed by atoms with van der Waals surface area (Å²) < 4.78 is 1.86. The Bertz CT molecular complexity index is 664. The van der Waals surface area contributed by atoms with E-state index in [1.807, 2.05) is 10.7 Å². The largest absolute Gasteiger partial charge is 0.397 e. The summed E-state index contributed by atoms with van der Waals surface area (Å²) in [6.07, 6.45) is 4.59. The van der Waals surface area contributed by atoms with E-state index in [1.54, 1.807) is 12.1 Å². The fraction of sp³-hybridized carbons (Fsp3) is 0.385. The second kappa shape index (κ2) is 5.72. The van der Waals surface area contributed by atoms with Crippen LogP contribution >= 0.6 is 11.8 Å². The number of carbonyl (C=O) groups is 1. The Labute approximate surface area is 126 Å². The highest BCUT2D eigenvalue weighted by molar-refractivity contribution is 7.99. The van der Waals surface area contributed by atoms with Crippen LogP contribution in [0.3, 0.4) is 0 Å². The molecule has 3 rings (SSSR count). The number of nitrogens with zero attached hydrogens (tertiary/aromatic N) is 4. The first-order valence-corrected chi connectivity index (χ1v) is 7.62. The van der Waals surface area contributed by atoms with Crippen LogP contribution in [0.2, 0.25) is 0 Å². The summed E-state index contributed by atoms with van der Waals surface area (Å²) in [4.78, 5) is 12.1. The maximum Gasteiger partial charge on any atom is 0.250 e. The molecule has 0 bridgehead atoms. The van der Waals surface area contributed by atoms with Crippen LogP contribution in [0, 0.1) is 0 Å². The van der Waals surface area contributed by atoms with Crippen molar-refractivity contribution >= 4 is 23.4 Å². The van der Waals surface area contributed by atoms with Gasteiger partial charge in [-0.1, -0.05) is 18.9 Å². The van der Waals surface area contributed by atoms with Crippen molar-refractivity contribution in [2.24, 2.45) is 5.73 Å². The molecule has 1 amide bonds. The number of hydrogen-bond acceptors (Lipinski definition) is 6. The minimum atomic E-state index is -0.537. The van der Waals surface area contributed by atoms with E-state index in [9.17, 15) is 4.79 Å². The molecule has 0 radical (unpaired) electrons. The van der Waals surface area contributed by atoms with Crippen LogP contribution in [0.1, 0.15) is 42.1 Å². The molecule has 1 fully saturated rings. The second-order valence-corrected chi connectivity index (χ2v) is 6.04. The van der Waals surface area contributed by atoms with Crippen LogP contribution < -0.4 is 11.5 Å². The molecule has 0 spiro atoms. The van der Waals surface area contributed by atoms with Gasteiger partial charge in [-0.25, -0.2) is 4.68 Å². The summed E-state index contributed by atoms with van der Waals surface area (Å²) in [7, 11) is 0. The number of aromatic nitrogens is 4. The molecule has 4 N–H and O–H groups in total. The van der Waals surface area contributed by atoms with Gasteiger partial charge in [0.15, 0.2) is 0 Å². The van der Waals surface area contributed by atoms with Crippen molar-refractivity contribution < 1.29 is 4.79 Å². The van der Waals surface area contributed by atoms with Crippen LogP contribution in [0.5, 0.6) is 0 Å². The number of rotatable bonds is 4. The molecule has 1 aliphatic rings. The van der Waals surface area contributed by atoms with Crippen molar-refractivity contribution in [3.05, 3.63) is 23.8 Å². The minimum Gasteiger partial charge on any atom is -0.397 e. The summed E-state index contributed by atoms with van der Waals surface area (Å²) in [5, 5.41) is 12.6. The predicted octanol–water partition coefficient (Wildman–Crippen LogP) is 1.62. The lowest BCUT2D eigenvalue weighted by molar-refractivity contribution is 0.100. The van der Waals surface area contributed by atoms with Crippen molar-refractivity contribution in [2.75, 3.05) is 5.73 Å². The molecule has 21 heavy (non-hydrogen) atoms. The molecule has 2 aromatic rings. The number of anilines is 1. The number of primary amides is 1. The summed E-state index contributed by atoms with van der Waals surface area (Å²) >= 11 is 1.36. The van der Waals surface area contributed by atoms with Gasteiger partial charge in [-0.2, -0.15) is 0 Å². The van der Waals surface area contributed by atoms with Crippen molar-refractivity contribution in [3.8, 4) is 0 Å². The standard InChI is InChI=1S/C13H16N6OS/c14-11-9(12(15)20)6-3-7-10(11)21-13-16-17-18-19(13)8-4-1-2-5-8/h3,6-8H,1-2,4-5,14H2,(H2,15,20). The van der Waals surface area contributed by atoms with Gasteiger partial charge >= 0.3 is 0 Å². The lowest BCUT2D eigenvalue weighted by Crippen LogP contribution is -2.14. The Balaban J connectivity index is 1.89. The lowest BCUT2D eigenvalue weighted by Gasteiger charge is -2.12. The third-order valence-electron chi connectivity index (χ3n) is 3.67. The average molecular weight is 304 g/mol. The van der Waals surface area contributed by atoms with Crippen LogP contribution in [0.25, 0.3) is 0 Å². The van der Waals surface area contributed by atoms with Crippen molar-refractivity contribution in [1.29, 1.82) is 0 Å². The molecule has 0 atom stereocenters. The maximum atomic E-state index is 11.3. The van der Waals surface area contributed by atoms with Gasteiger partial charge < -0.3 is 11.5 Å². The highest BCUT2D eigenvalue weighted by Gasteiger charge is 2.22. The summed E-state index contributed by atoms with van der Waals surface area (Å²) in [5.74, 6) is -0.537. The average Bonchev–Trinajstić information content (AvgIpc) is 3.11. The quantitative estimate of drug-likeness (QED) is 0.830. The van der Waals surface area contributed by atoms with Crippen LogP contribution in [0.15, 0.2) is 28.3 Å². The molecule has 0 unspecified atom stereocenters. The van der Waals surface area contributed by atoms with Gasteiger partial charge in [-0.05, 0) is 47.2 Å². The molecular weight excluding hydrogens is 288 g/mol. The topological polar surface area (TPSA) is 113 Å². The van der Waals surface area contributed by atoms with E-state index in [-0.39, 0.29) is 0 Å². The Hall–Kier alpha value is -2.09. The number of nitrogen functional groups attached to an aromatic ring is 1. The molecule has 1 aromatic heterocycles. The zero-order valence-electron chi connectivity index (χ0n) is 11.4. The summed E-state index contributed by atoms with van der Waals surface area (Å²) in [6.45, 7) is 0. The molecule has 7 nitrogen and oxygen atoms in total. The third-order valence-corrected chi connectivity index (χ3v) is 4.69. The van der Waals surface area contributed by atoms with Gasteiger partial charge in [0, 0.05) is 4.90 Å². The summed E-state index contributed by atoms with van der Waals surface area (Å²) in [6, 6.07) is 5.55. The molecule has 8 heteroatoms. The van der Waals surface area contributed by atoms with E-state index in [0.29, 0.717) is 22.4 Å². The third kappa shape index (κ3) is 2.71. The second-order valence-electron chi connectivity index (χ2n) is 5.03. The number of tetrazole rings is 1. The van der Waals surface area contributed by atoms with Crippen LogP contribution in [-0.2, 0) is 0 Å². The molecule has 110 valence electrons. The smallest absolute Gasteiger partial charge is 0.250 e. The predicted molar refractivity (Wildman–Crippen MR) is 78.8 cm³/mol. The number of hydrogen-bond donors (Lipinski definition) is 2. The van der Waals surface area contributed by atoms with Gasteiger partial charge in [0.05, 0.1) is 17.3 Å². The highest BCUT2D eigenvalue weighted by atomic mass is 32.2. The maximum absolute atomic E-state index is 11.3. The molecule has 1 aliphatic carbocycles. The number of benzene rings is 1. The first-order valence-electron chi connectivity index (χ1n) is 6.81. The Kier molecular flexibility index (Phi) is 3.78. The Morgan fingerprint density at radius 3 is 2.81 bits per heavy atom. The first-order chi connectivity index (χ1) is 10.2. The van der Waals surface area contributed by atoms with Gasteiger partial charge in [-0.3, -0.25) is 4.79 Å². The molecule has 1 saturated carbocycles. The molecule has 0 saturated heterocycles. The SMILES string of the molecule is NC(=O)c1cccc(Sc2nnnn2C2CCCC2)c1N. The van der Waals surface area contributed by atoms with E-state index in [4.69, 9.17) is 11.5 Å². The number of carbonyl (C=O) groups excluding carboxylic acids is 1. The van der Waals surface area contributed by atoms with Crippen molar-refractivity contribution in [3.63, 3.8) is 0 Å². The number of amides is 1. The van der Waals surface area contributed by atoms with E-state index in [0.717, 1.165) is 17.7 Å². The first kappa shape index (κ1) is 13.9.